The Morgan fingerprint density at radius 3 is 2.41 bits per heavy atom. The molecule has 1 aliphatic heterocycles. The van der Waals surface area contributed by atoms with Crippen molar-refractivity contribution >= 4 is 61.7 Å². The molecule has 13 heteroatoms. The molecule has 0 radical (unpaired) electrons. The van der Waals surface area contributed by atoms with Crippen LogP contribution in [0.5, 0.6) is 0 Å². The lowest BCUT2D eigenvalue weighted by molar-refractivity contribution is -0.123. The van der Waals surface area contributed by atoms with Gasteiger partial charge in [-0.05, 0) is 61.1 Å². The number of thiocarbonyl (C=S) groups is 1. The summed E-state index contributed by atoms with van der Waals surface area (Å²) in [5.74, 6) is -0.549. The Hall–Kier alpha value is -3.42. The van der Waals surface area contributed by atoms with Gasteiger partial charge in [0.25, 0.3) is 21.8 Å². The van der Waals surface area contributed by atoms with Crippen molar-refractivity contribution in [2.24, 2.45) is 0 Å². The molecule has 1 aromatic carbocycles. The SMILES string of the molecule is CCc1nnc(NS(=O)(=O)c2ccc(-c3ccc(C=C4C(=O)NC(=S)NC4=O)o3)cc2)s1. The molecule has 3 aromatic rings. The molecular formula is C19H15N5O5S3. The lowest BCUT2D eigenvalue weighted by atomic mass is 10.1. The maximum Gasteiger partial charge on any atom is 0.263 e. The summed E-state index contributed by atoms with van der Waals surface area (Å²) in [4.78, 5) is 23.9. The van der Waals surface area contributed by atoms with Crippen LogP contribution in [0.15, 0.2) is 51.3 Å². The molecule has 0 unspecified atom stereocenters. The number of rotatable bonds is 6. The highest BCUT2D eigenvalue weighted by atomic mass is 32.2. The van der Waals surface area contributed by atoms with Crippen molar-refractivity contribution in [3.63, 3.8) is 0 Å². The van der Waals surface area contributed by atoms with Crippen molar-refractivity contribution < 1.29 is 22.4 Å². The van der Waals surface area contributed by atoms with Crippen LogP contribution >= 0.6 is 23.6 Å². The third kappa shape index (κ3) is 4.59. The first-order chi connectivity index (χ1) is 15.2. The number of aryl methyl sites for hydroxylation is 1. The monoisotopic (exact) mass is 489 g/mol. The summed E-state index contributed by atoms with van der Waals surface area (Å²) in [5.41, 5.74) is 0.464. The van der Waals surface area contributed by atoms with E-state index in [1.807, 2.05) is 6.92 Å². The number of aromatic nitrogens is 2. The Bertz CT molecular complexity index is 1330. The van der Waals surface area contributed by atoms with E-state index in [-0.39, 0.29) is 26.5 Å². The number of carbonyl (C=O) groups is 2. The molecule has 4 rings (SSSR count). The molecule has 32 heavy (non-hydrogen) atoms. The number of hydrogen-bond donors (Lipinski definition) is 3. The first kappa shape index (κ1) is 21.8. The Kier molecular flexibility index (Phi) is 5.86. The predicted octanol–water partition coefficient (Wildman–Crippen LogP) is 2.08. The molecule has 0 bridgehead atoms. The Morgan fingerprint density at radius 2 is 1.78 bits per heavy atom. The fraction of sp³-hybridized carbons (Fsp3) is 0.105. The van der Waals surface area contributed by atoms with Crippen LogP contribution in [0.3, 0.4) is 0 Å². The molecule has 0 aliphatic carbocycles. The quantitative estimate of drug-likeness (QED) is 0.271. The van der Waals surface area contributed by atoms with Gasteiger partial charge in [-0.2, -0.15) is 0 Å². The van der Waals surface area contributed by atoms with E-state index in [0.29, 0.717) is 17.7 Å². The van der Waals surface area contributed by atoms with Crippen LogP contribution in [0.4, 0.5) is 5.13 Å². The van der Waals surface area contributed by atoms with E-state index in [2.05, 4.69) is 25.6 Å². The third-order valence-corrected chi connectivity index (χ3v) is 6.97. The first-order valence-corrected chi connectivity index (χ1v) is 11.9. The van der Waals surface area contributed by atoms with Crippen LogP contribution in [-0.4, -0.2) is 35.5 Å². The number of anilines is 1. The molecule has 3 N–H and O–H groups in total. The second-order valence-corrected chi connectivity index (χ2v) is 9.63. The zero-order valence-corrected chi connectivity index (χ0v) is 18.9. The fourth-order valence-electron chi connectivity index (χ4n) is 2.74. The fourth-order valence-corrected chi connectivity index (χ4v) is 4.84. The van der Waals surface area contributed by atoms with Crippen LogP contribution < -0.4 is 15.4 Å². The molecule has 1 aliphatic rings. The standard InChI is InChI=1S/C19H15N5O5S3/c1-2-15-22-23-19(31-15)24-32(27,28)12-6-3-10(4-7-12)14-8-5-11(29-14)9-13-16(25)20-18(30)21-17(13)26/h3-9H,2H2,1H3,(H,23,24)(H2,20,21,25,26,30). The second-order valence-electron chi connectivity index (χ2n) is 6.48. The van der Waals surface area contributed by atoms with Gasteiger partial charge in [0.05, 0.1) is 4.90 Å². The number of hydrogen-bond acceptors (Lipinski definition) is 9. The molecule has 2 amide bonds. The van der Waals surface area contributed by atoms with Crippen molar-refractivity contribution in [1.29, 1.82) is 0 Å². The summed E-state index contributed by atoms with van der Waals surface area (Å²) in [6.45, 7) is 1.90. The molecule has 0 spiro atoms. The molecule has 2 aromatic heterocycles. The van der Waals surface area contributed by atoms with Gasteiger partial charge in [-0.1, -0.05) is 18.3 Å². The lowest BCUT2D eigenvalue weighted by Crippen LogP contribution is -2.51. The first-order valence-electron chi connectivity index (χ1n) is 9.19. The van der Waals surface area contributed by atoms with Gasteiger partial charge in [0.2, 0.25) is 5.13 Å². The number of sulfonamides is 1. The van der Waals surface area contributed by atoms with Gasteiger partial charge in [-0.15, -0.1) is 10.2 Å². The molecule has 1 saturated heterocycles. The molecule has 1 fully saturated rings. The summed E-state index contributed by atoms with van der Waals surface area (Å²) in [6.07, 6.45) is 1.96. The minimum absolute atomic E-state index is 0.0508. The minimum Gasteiger partial charge on any atom is -0.457 e. The van der Waals surface area contributed by atoms with Crippen LogP contribution in [-0.2, 0) is 26.0 Å². The minimum atomic E-state index is -3.82. The Labute approximate surface area is 191 Å². The lowest BCUT2D eigenvalue weighted by Gasteiger charge is -2.15. The van der Waals surface area contributed by atoms with E-state index in [4.69, 9.17) is 16.6 Å². The molecule has 0 saturated carbocycles. The zero-order chi connectivity index (χ0) is 22.9. The van der Waals surface area contributed by atoms with E-state index in [1.165, 1.54) is 29.5 Å². The predicted molar refractivity (Wildman–Crippen MR) is 121 cm³/mol. The highest BCUT2D eigenvalue weighted by molar-refractivity contribution is 7.93. The van der Waals surface area contributed by atoms with Gasteiger partial charge in [-0.3, -0.25) is 24.9 Å². The molecule has 3 heterocycles. The second kappa shape index (κ2) is 8.61. The van der Waals surface area contributed by atoms with Crippen molar-refractivity contribution in [3.05, 3.63) is 52.7 Å². The average molecular weight is 490 g/mol. The summed E-state index contributed by atoms with van der Waals surface area (Å²) in [7, 11) is -3.82. The van der Waals surface area contributed by atoms with Crippen LogP contribution in [0.25, 0.3) is 17.4 Å². The topological polar surface area (TPSA) is 143 Å². The maximum absolute atomic E-state index is 12.6. The Balaban J connectivity index is 1.52. The largest absolute Gasteiger partial charge is 0.457 e. The van der Waals surface area contributed by atoms with Crippen molar-refractivity contribution in [2.45, 2.75) is 18.2 Å². The van der Waals surface area contributed by atoms with Gasteiger partial charge in [0.1, 0.15) is 22.1 Å². The van der Waals surface area contributed by atoms with Crippen molar-refractivity contribution in [1.82, 2.24) is 20.8 Å². The van der Waals surface area contributed by atoms with Crippen LogP contribution in [0.1, 0.15) is 17.7 Å². The highest BCUT2D eigenvalue weighted by Crippen LogP contribution is 2.26. The number of nitrogens with zero attached hydrogens (tertiary/aromatic N) is 2. The molecule has 10 nitrogen and oxygen atoms in total. The van der Waals surface area contributed by atoms with Gasteiger partial charge < -0.3 is 4.42 Å². The number of furan rings is 1. The number of benzene rings is 1. The summed E-state index contributed by atoms with van der Waals surface area (Å²) in [6, 6.07) is 9.26. The van der Waals surface area contributed by atoms with Gasteiger partial charge in [0.15, 0.2) is 5.11 Å². The average Bonchev–Trinajstić information content (AvgIpc) is 3.40. The van der Waals surface area contributed by atoms with E-state index in [9.17, 15) is 18.0 Å². The molecule has 0 atom stereocenters. The van der Waals surface area contributed by atoms with Crippen LogP contribution in [0, 0.1) is 0 Å². The van der Waals surface area contributed by atoms with Gasteiger partial charge in [0, 0.05) is 5.56 Å². The van der Waals surface area contributed by atoms with E-state index in [0.717, 1.165) is 5.01 Å². The highest BCUT2D eigenvalue weighted by Gasteiger charge is 2.26. The summed E-state index contributed by atoms with van der Waals surface area (Å²) < 4.78 is 33.2. The van der Waals surface area contributed by atoms with Crippen molar-refractivity contribution in [3.8, 4) is 11.3 Å². The van der Waals surface area contributed by atoms with Crippen molar-refractivity contribution in [2.75, 3.05) is 4.72 Å². The van der Waals surface area contributed by atoms with E-state index < -0.39 is 21.8 Å². The number of carbonyl (C=O) groups excluding carboxylic acids is 2. The van der Waals surface area contributed by atoms with Crippen LogP contribution in [0.2, 0.25) is 0 Å². The molecule has 164 valence electrons. The molecular weight excluding hydrogens is 474 g/mol. The number of amides is 2. The third-order valence-electron chi connectivity index (χ3n) is 4.30. The zero-order valence-electron chi connectivity index (χ0n) is 16.4. The number of nitrogens with one attached hydrogen (secondary N) is 3. The van der Waals surface area contributed by atoms with E-state index >= 15 is 0 Å². The smallest absolute Gasteiger partial charge is 0.263 e. The summed E-state index contributed by atoms with van der Waals surface area (Å²) >= 11 is 5.93. The summed E-state index contributed by atoms with van der Waals surface area (Å²) in [5, 5.41) is 13.3. The van der Waals surface area contributed by atoms with Gasteiger partial charge >= 0.3 is 0 Å². The normalized spacial score (nSPS) is 14.2. The van der Waals surface area contributed by atoms with E-state index in [1.54, 1.807) is 24.3 Å². The maximum atomic E-state index is 12.6. The Morgan fingerprint density at radius 1 is 1.09 bits per heavy atom. The van der Waals surface area contributed by atoms with Gasteiger partial charge in [-0.25, -0.2) is 8.42 Å².